The number of hydrogen-bond acceptors (Lipinski definition) is 1. The number of hydrogen-bond donors (Lipinski definition) is 1. The van der Waals surface area contributed by atoms with Crippen molar-refractivity contribution in [2.75, 3.05) is 0 Å². The molecule has 0 fully saturated rings. The summed E-state index contributed by atoms with van der Waals surface area (Å²) in [5.41, 5.74) is -1.24. The number of nitrogens with zero attached hydrogens (tertiary/aromatic N) is 1. The van der Waals surface area contributed by atoms with E-state index in [1.807, 2.05) is 0 Å². The summed E-state index contributed by atoms with van der Waals surface area (Å²) in [5.74, 6) is -1.27. The van der Waals surface area contributed by atoms with Crippen molar-refractivity contribution < 1.29 is 23.1 Å². The first-order valence-corrected chi connectivity index (χ1v) is 5.20. The molecule has 17 heavy (non-hydrogen) atoms. The molecule has 0 spiro atoms. The molecule has 0 saturated carbocycles. The van der Waals surface area contributed by atoms with Crippen molar-refractivity contribution in [2.24, 2.45) is 0 Å². The Morgan fingerprint density at radius 2 is 1.94 bits per heavy atom. The van der Waals surface area contributed by atoms with Crippen LogP contribution in [0.3, 0.4) is 0 Å². The normalized spacial score (nSPS) is 12.0. The third-order valence-electron chi connectivity index (χ3n) is 2.22. The van der Waals surface area contributed by atoms with Crippen LogP contribution in [0, 0.1) is 0 Å². The lowest BCUT2D eigenvalue weighted by atomic mass is 10.2. The van der Waals surface area contributed by atoms with Crippen LogP contribution in [0.25, 0.3) is 5.52 Å². The average Bonchev–Trinajstić information content (AvgIpc) is 2.58. The Balaban J connectivity index is 2.79. The number of halogens is 4. The Morgan fingerprint density at radius 3 is 2.47 bits per heavy atom. The fourth-order valence-electron chi connectivity index (χ4n) is 1.53. The molecule has 7 heteroatoms. The van der Waals surface area contributed by atoms with Gasteiger partial charge < -0.3 is 9.51 Å². The minimum Gasteiger partial charge on any atom is -0.478 e. The quantitative estimate of drug-likeness (QED) is 0.877. The van der Waals surface area contributed by atoms with Gasteiger partial charge in [-0.2, -0.15) is 13.2 Å². The van der Waals surface area contributed by atoms with E-state index in [9.17, 15) is 18.0 Å². The first-order valence-electron chi connectivity index (χ1n) is 4.41. The minimum atomic E-state index is -4.53. The van der Waals surface area contributed by atoms with Crippen LogP contribution in [0.2, 0.25) is 0 Å². The molecular formula is C10H5BrF3NO2. The molecule has 0 bridgehead atoms. The molecule has 0 radical (unpaired) electrons. The molecule has 3 nitrogen and oxygen atoms in total. The molecule has 2 aromatic rings. The summed E-state index contributed by atoms with van der Waals surface area (Å²) in [6, 6.07) is 1.92. The van der Waals surface area contributed by atoms with Gasteiger partial charge in [0.1, 0.15) is 0 Å². The minimum absolute atomic E-state index is 0.182. The first kappa shape index (κ1) is 12.0. The largest absolute Gasteiger partial charge is 0.478 e. The lowest BCUT2D eigenvalue weighted by Gasteiger charge is -2.09. The maximum atomic E-state index is 12.7. The zero-order valence-corrected chi connectivity index (χ0v) is 9.71. The van der Waals surface area contributed by atoms with Crippen LogP contribution in [0.5, 0.6) is 0 Å². The molecule has 0 unspecified atom stereocenters. The summed E-state index contributed by atoms with van der Waals surface area (Å²) < 4.78 is 39.5. The van der Waals surface area contributed by atoms with Gasteiger partial charge in [-0.1, -0.05) is 0 Å². The molecule has 2 heterocycles. The van der Waals surface area contributed by atoms with E-state index in [1.54, 1.807) is 0 Å². The highest BCUT2D eigenvalue weighted by molar-refractivity contribution is 9.10. The van der Waals surface area contributed by atoms with Gasteiger partial charge in [0.15, 0.2) is 0 Å². The maximum Gasteiger partial charge on any atom is 0.418 e. The Hall–Kier alpha value is -1.50. The van der Waals surface area contributed by atoms with E-state index < -0.39 is 17.7 Å². The zero-order valence-electron chi connectivity index (χ0n) is 8.12. The van der Waals surface area contributed by atoms with E-state index in [-0.39, 0.29) is 15.6 Å². The number of aromatic carboxylic acids is 1. The fraction of sp³-hybridized carbons (Fsp3) is 0.100. The predicted octanol–water partition coefficient (Wildman–Crippen LogP) is 3.42. The summed E-state index contributed by atoms with van der Waals surface area (Å²) in [7, 11) is 0. The van der Waals surface area contributed by atoms with Crippen LogP contribution in [0.4, 0.5) is 13.2 Å². The molecule has 0 aliphatic heterocycles. The summed E-state index contributed by atoms with van der Waals surface area (Å²) >= 11 is 2.95. The monoisotopic (exact) mass is 307 g/mol. The van der Waals surface area contributed by atoms with Gasteiger partial charge in [0.2, 0.25) is 0 Å². The second kappa shape index (κ2) is 3.76. The topological polar surface area (TPSA) is 41.7 Å². The number of alkyl halides is 3. The van der Waals surface area contributed by atoms with Gasteiger partial charge in [-0.3, -0.25) is 0 Å². The molecular weight excluding hydrogens is 303 g/mol. The van der Waals surface area contributed by atoms with Crippen molar-refractivity contribution in [1.29, 1.82) is 0 Å². The van der Waals surface area contributed by atoms with Gasteiger partial charge >= 0.3 is 12.1 Å². The predicted molar refractivity (Wildman–Crippen MR) is 57.1 cm³/mol. The van der Waals surface area contributed by atoms with Crippen LogP contribution in [-0.4, -0.2) is 15.5 Å². The maximum absolute atomic E-state index is 12.7. The number of carboxylic acid groups (broad SMARTS) is 1. The van der Waals surface area contributed by atoms with Gasteiger partial charge in [0.05, 0.1) is 16.6 Å². The molecule has 0 aliphatic rings. The highest BCUT2D eigenvalue weighted by atomic mass is 79.9. The third kappa shape index (κ3) is 2.14. The summed E-state index contributed by atoms with van der Waals surface area (Å²) in [6.45, 7) is 0. The van der Waals surface area contributed by atoms with Crippen molar-refractivity contribution in [3.05, 3.63) is 40.1 Å². The molecule has 0 aliphatic carbocycles. The van der Waals surface area contributed by atoms with Crippen LogP contribution < -0.4 is 0 Å². The molecule has 0 aromatic carbocycles. The van der Waals surface area contributed by atoms with Gasteiger partial charge in [0, 0.05) is 16.9 Å². The van der Waals surface area contributed by atoms with Gasteiger partial charge in [0.25, 0.3) is 0 Å². The lowest BCUT2D eigenvalue weighted by Crippen LogP contribution is -2.07. The van der Waals surface area contributed by atoms with Crippen LogP contribution in [0.15, 0.2) is 29.0 Å². The fourth-order valence-corrected chi connectivity index (χ4v) is 1.98. The van der Waals surface area contributed by atoms with Gasteiger partial charge in [-0.25, -0.2) is 4.79 Å². The van der Waals surface area contributed by atoms with Crippen molar-refractivity contribution in [1.82, 2.24) is 4.40 Å². The van der Waals surface area contributed by atoms with Crippen molar-refractivity contribution in [3.63, 3.8) is 0 Å². The Kier molecular flexibility index (Phi) is 2.65. The van der Waals surface area contributed by atoms with E-state index in [4.69, 9.17) is 5.11 Å². The van der Waals surface area contributed by atoms with E-state index in [0.717, 1.165) is 22.7 Å². The molecule has 2 rings (SSSR count). The van der Waals surface area contributed by atoms with Gasteiger partial charge in [-0.05, 0) is 28.1 Å². The molecule has 1 N–H and O–H groups in total. The molecule has 90 valence electrons. The number of fused-ring (bicyclic) bond motifs is 1. The molecule has 0 amide bonds. The second-order valence-corrected chi connectivity index (χ2v) is 4.31. The van der Waals surface area contributed by atoms with E-state index >= 15 is 0 Å². The first-order chi connectivity index (χ1) is 7.79. The molecule has 0 atom stereocenters. The highest BCUT2D eigenvalue weighted by Gasteiger charge is 2.33. The Bertz CT molecular complexity index is 603. The zero-order chi connectivity index (χ0) is 12.8. The van der Waals surface area contributed by atoms with E-state index in [0.29, 0.717) is 0 Å². The number of rotatable bonds is 1. The number of carbonyl (C=O) groups is 1. The summed E-state index contributed by atoms with van der Waals surface area (Å²) in [4.78, 5) is 10.7. The Labute approximate surface area is 102 Å². The molecule has 0 saturated heterocycles. The van der Waals surface area contributed by atoms with Crippen molar-refractivity contribution >= 4 is 27.4 Å². The lowest BCUT2D eigenvalue weighted by molar-refractivity contribution is -0.136. The number of carboxylic acids is 1. The van der Waals surface area contributed by atoms with Crippen molar-refractivity contribution in [3.8, 4) is 0 Å². The Morgan fingerprint density at radius 1 is 1.29 bits per heavy atom. The van der Waals surface area contributed by atoms with Crippen LogP contribution in [-0.2, 0) is 6.18 Å². The highest BCUT2D eigenvalue weighted by Crippen LogP contribution is 2.35. The van der Waals surface area contributed by atoms with Gasteiger partial charge in [-0.15, -0.1) is 0 Å². The number of pyridine rings is 1. The standard InChI is InChI=1S/C10H5BrF3NO2/c11-6-2-7(10(12,13)14)8-1-5(9(16)17)3-15(8)4-6/h1-4H,(H,16,17). The number of aromatic nitrogens is 1. The van der Waals surface area contributed by atoms with Crippen LogP contribution in [0.1, 0.15) is 15.9 Å². The van der Waals surface area contributed by atoms with E-state index in [1.165, 1.54) is 6.20 Å². The van der Waals surface area contributed by atoms with E-state index in [2.05, 4.69) is 15.9 Å². The van der Waals surface area contributed by atoms with Crippen molar-refractivity contribution in [2.45, 2.75) is 6.18 Å². The third-order valence-corrected chi connectivity index (χ3v) is 2.66. The smallest absolute Gasteiger partial charge is 0.418 e. The average molecular weight is 308 g/mol. The molecule has 2 aromatic heterocycles. The summed E-state index contributed by atoms with van der Waals surface area (Å²) in [5, 5.41) is 8.74. The SMILES string of the molecule is O=C(O)c1cc2c(C(F)(F)F)cc(Br)cn2c1. The van der Waals surface area contributed by atoms with Crippen LogP contribution >= 0.6 is 15.9 Å². The second-order valence-electron chi connectivity index (χ2n) is 3.40. The summed E-state index contributed by atoms with van der Waals surface area (Å²) in [6.07, 6.45) is -2.02.